The lowest BCUT2D eigenvalue weighted by Crippen LogP contribution is -2.37. The van der Waals surface area contributed by atoms with Gasteiger partial charge in [0.15, 0.2) is 0 Å². The maximum atomic E-state index is 12.6. The lowest BCUT2D eigenvalue weighted by molar-refractivity contribution is -0.128. The second kappa shape index (κ2) is 8.48. The Labute approximate surface area is 168 Å². The van der Waals surface area contributed by atoms with Crippen LogP contribution in [0.5, 0.6) is 5.75 Å². The molecule has 0 saturated carbocycles. The molecule has 146 valence electrons. The predicted molar refractivity (Wildman–Crippen MR) is 111 cm³/mol. The van der Waals surface area contributed by atoms with Crippen LogP contribution in [0.25, 0.3) is 10.2 Å². The summed E-state index contributed by atoms with van der Waals surface area (Å²) in [7, 11) is 0. The van der Waals surface area contributed by atoms with Gasteiger partial charge in [0, 0.05) is 5.70 Å². The maximum absolute atomic E-state index is 12.6. The molecule has 0 aliphatic heterocycles. The highest BCUT2D eigenvalue weighted by molar-refractivity contribution is 7.16. The van der Waals surface area contributed by atoms with E-state index in [0.717, 1.165) is 40.9 Å². The molecule has 1 aliphatic carbocycles. The molecule has 0 radical (unpaired) electrons. The Kier molecular flexibility index (Phi) is 6.27. The van der Waals surface area contributed by atoms with Gasteiger partial charge in [0.1, 0.15) is 18.3 Å². The van der Waals surface area contributed by atoms with Gasteiger partial charge in [-0.3, -0.25) is 19.1 Å². The van der Waals surface area contributed by atoms with Gasteiger partial charge in [-0.25, -0.2) is 0 Å². The van der Waals surface area contributed by atoms with E-state index in [0.29, 0.717) is 12.5 Å². The quantitative estimate of drug-likeness (QED) is 0.657. The van der Waals surface area contributed by atoms with E-state index < -0.39 is 0 Å². The van der Waals surface area contributed by atoms with Crippen molar-refractivity contribution in [3.8, 4) is 5.75 Å². The van der Waals surface area contributed by atoms with E-state index in [1.165, 1.54) is 16.9 Å². The number of benzene rings is 1. The average Bonchev–Trinajstić information content (AvgIpc) is 2.96. The highest BCUT2D eigenvalue weighted by Crippen LogP contribution is 2.32. The zero-order valence-corrected chi connectivity index (χ0v) is 17.5. The molecule has 1 amide bonds. The van der Waals surface area contributed by atoms with Crippen LogP contribution in [-0.4, -0.2) is 27.9 Å². The summed E-state index contributed by atoms with van der Waals surface area (Å²) in [6, 6.07) is 5.62. The van der Waals surface area contributed by atoms with Gasteiger partial charge in [0.05, 0.1) is 16.8 Å². The minimum atomic E-state index is -0.169. The van der Waals surface area contributed by atoms with Crippen LogP contribution in [0.4, 0.5) is 0 Å². The predicted octanol–water partition coefficient (Wildman–Crippen LogP) is 4.58. The van der Waals surface area contributed by atoms with Crippen LogP contribution in [0.3, 0.4) is 0 Å². The third-order valence-electron chi connectivity index (χ3n) is 5.22. The van der Waals surface area contributed by atoms with E-state index in [4.69, 9.17) is 16.3 Å². The summed E-state index contributed by atoms with van der Waals surface area (Å²) < 4.78 is 8.03. The summed E-state index contributed by atoms with van der Waals surface area (Å²) in [5, 5.41) is 0. The zero-order valence-electron chi connectivity index (χ0n) is 16.0. The van der Waals surface area contributed by atoms with Crippen LogP contribution >= 0.6 is 22.9 Å². The molecule has 0 spiro atoms. The van der Waals surface area contributed by atoms with Crippen molar-refractivity contribution < 1.29 is 9.53 Å². The van der Waals surface area contributed by atoms with E-state index >= 15 is 0 Å². The lowest BCUT2D eigenvalue weighted by atomic mass is 9.87. The van der Waals surface area contributed by atoms with Gasteiger partial charge in [0.2, 0.25) is 5.91 Å². The van der Waals surface area contributed by atoms with Gasteiger partial charge < -0.3 is 4.74 Å². The van der Waals surface area contributed by atoms with Gasteiger partial charge in [0.25, 0.3) is 0 Å². The summed E-state index contributed by atoms with van der Waals surface area (Å²) >= 11 is 7.06. The number of aromatic nitrogens is 1. The second-order valence-corrected chi connectivity index (χ2v) is 8.14. The third-order valence-corrected chi connectivity index (χ3v) is 6.39. The first kappa shape index (κ1) is 20.0. The van der Waals surface area contributed by atoms with Crippen LogP contribution < -0.4 is 9.61 Å². The van der Waals surface area contributed by atoms with E-state index in [1.807, 2.05) is 25.1 Å². The fraction of sp³-hybridized carbons (Fsp3) is 0.500. The standard InChI is InChI=1S/C20H25ClN2O3S/c1-4-26-15-8-9-17-18(10-15)27-20(25)23(17)12-22(19(24)11-21)16-7-5-6-13(2)14(16)3/h8-10,13H,4-7,11-12H2,1-3H3. The van der Waals surface area contributed by atoms with Crippen LogP contribution in [-0.2, 0) is 11.5 Å². The third kappa shape index (κ3) is 4.06. The Morgan fingerprint density at radius 1 is 1.44 bits per heavy atom. The number of ether oxygens (including phenoxy) is 1. The Morgan fingerprint density at radius 2 is 2.22 bits per heavy atom. The molecule has 0 N–H and O–H groups in total. The van der Waals surface area contributed by atoms with Crippen LogP contribution in [0.15, 0.2) is 34.3 Å². The van der Waals surface area contributed by atoms with Gasteiger partial charge in [-0.2, -0.15) is 0 Å². The molecule has 0 fully saturated rings. The Balaban J connectivity index is 2.02. The van der Waals surface area contributed by atoms with Crippen LogP contribution in [0, 0.1) is 5.92 Å². The van der Waals surface area contributed by atoms with Gasteiger partial charge in [-0.05, 0) is 57.2 Å². The molecule has 1 aromatic carbocycles. The molecule has 5 nitrogen and oxygen atoms in total. The summed E-state index contributed by atoms with van der Waals surface area (Å²) in [5.41, 5.74) is 3.03. The molecule has 1 aliphatic rings. The van der Waals surface area contributed by atoms with Crippen molar-refractivity contribution >= 4 is 39.1 Å². The van der Waals surface area contributed by atoms with E-state index in [9.17, 15) is 9.59 Å². The molecule has 1 aromatic heterocycles. The minimum absolute atomic E-state index is 0.0897. The Bertz CT molecular complexity index is 931. The normalized spacial score (nSPS) is 17.4. The van der Waals surface area contributed by atoms with Crippen molar-refractivity contribution in [2.45, 2.75) is 46.7 Å². The van der Waals surface area contributed by atoms with E-state index in [-0.39, 0.29) is 23.3 Å². The first-order valence-electron chi connectivity index (χ1n) is 9.28. The van der Waals surface area contributed by atoms with Gasteiger partial charge >= 0.3 is 4.87 Å². The number of allylic oxidation sites excluding steroid dienone is 2. The van der Waals surface area contributed by atoms with Crippen LogP contribution in [0.1, 0.15) is 40.0 Å². The highest BCUT2D eigenvalue weighted by Gasteiger charge is 2.26. The van der Waals surface area contributed by atoms with Crippen molar-refractivity contribution in [2.75, 3.05) is 12.5 Å². The monoisotopic (exact) mass is 408 g/mol. The zero-order chi connectivity index (χ0) is 19.6. The fourth-order valence-corrected chi connectivity index (χ4v) is 4.64. The fourth-order valence-electron chi connectivity index (χ4n) is 3.59. The van der Waals surface area contributed by atoms with Crippen LogP contribution in [0.2, 0.25) is 0 Å². The number of thiazole rings is 1. The molecule has 27 heavy (non-hydrogen) atoms. The summed E-state index contributed by atoms with van der Waals surface area (Å²) in [4.78, 5) is 26.8. The number of fused-ring (bicyclic) bond motifs is 1. The number of halogens is 1. The topological polar surface area (TPSA) is 51.5 Å². The van der Waals surface area contributed by atoms with E-state index in [1.54, 1.807) is 9.47 Å². The first-order valence-corrected chi connectivity index (χ1v) is 10.6. The number of carbonyl (C=O) groups is 1. The molecule has 1 unspecified atom stereocenters. The summed E-state index contributed by atoms with van der Waals surface area (Å²) in [6.45, 7) is 6.95. The number of carbonyl (C=O) groups excluding carboxylic acids is 1. The van der Waals surface area contributed by atoms with Crippen molar-refractivity contribution in [1.29, 1.82) is 0 Å². The maximum Gasteiger partial charge on any atom is 0.309 e. The van der Waals surface area contributed by atoms with Gasteiger partial charge in [-0.15, -0.1) is 11.6 Å². The Hall–Kier alpha value is -1.79. The van der Waals surface area contributed by atoms with Crippen molar-refractivity contribution in [1.82, 2.24) is 9.47 Å². The smallest absolute Gasteiger partial charge is 0.309 e. The lowest BCUT2D eigenvalue weighted by Gasteiger charge is -2.32. The SMILES string of the molecule is CCOc1ccc2c(c1)sc(=O)n2CN(C(=O)CCl)C1=C(C)C(C)CCC1. The molecule has 0 bridgehead atoms. The molecule has 1 atom stereocenters. The second-order valence-electron chi connectivity index (χ2n) is 6.88. The highest BCUT2D eigenvalue weighted by atomic mass is 35.5. The largest absolute Gasteiger partial charge is 0.494 e. The summed E-state index contributed by atoms with van der Waals surface area (Å²) in [5.74, 6) is 0.907. The Morgan fingerprint density at radius 3 is 2.93 bits per heavy atom. The number of alkyl halides is 1. The van der Waals surface area contributed by atoms with Crippen molar-refractivity contribution in [3.63, 3.8) is 0 Å². The molecule has 2 aromatic rings. The number of amides is 1. The number of rotatable bonds is 6. The van der Waals surface area contributed by atoms with Crippen molar-refractivity contribution in [2.24, 2.45) is 5.92 Å². The van der Waals surface area contributed by atoms with Crippen molar-refractivity contribution in [3.05, 3.63) is 39.1 Å². The molecular formula is C20H25ClN2O3S. The minimum Gasteiger partial charge on any atom is -0.494 e. The first-order chi connectivity index (χ1) is 13.0. The average molecular weight is 409 g/mol. The summed E-state index contributed by atoms with van der Waals surface area (Å²) in [6.07, 6.45) is 3.00. The molecule has 7 heteroatoms. The number of hydrogen-bond donors (Lipinski definition) is 0. The number of hydrogen-bond acceptors (Lipinski definition) is 4. The van der Waals surface area contributed by atoms with Gasteiger partial charge in [-0.1, -0.05) is 23.8 Å². The van der Waals surface area contributed by atoms with E-state index in [2.05, 4.69) is 13.8 Å². The molecule has 1 heterocycles. The molecular weight excluding hydrogens is 384 g/mol. The molecule has 3 rings (SSSR count). The molecule has 0 saturated heterocycles. The number of nitrogens with zero attached hydrogens (tertiary/aromatic N) is 2.